The van der Waals surface area contributed by atoms with E-state index in [1.165, 1.54) is 22.3 Å². The van der Waals surface area contributed by atoms with Crippen LogP contribution in [-0.4, -0.2) is 171 Å². The molecule has 0 saturated carbocycles. The average molecular weight is 1690 g/mol. The molecule has 0 aliphatic carbocycles. The minimum atomic E-state index is -4.80. The molecular weight excluding hydrogens is 1640 g/mol. The zero-order valence-electron chi connectivity index (χ0n) is 54.9. The van der Waals surface area contributed by atoms with Gasteiger partial charge in [0.05, 0.1) is 91.2 Å². The van der Waals surface area contributed by atoms with Gasteiger partial charge in [0.15, 0.2) is 51.0 Å². The Morgan fingerprint density at radius 1 is 0.431 bits per heavy atom. The van der Waals surface area contributed by atoms with E-state index in [0.717, 1.165) is 73.6 Å². The van der Waals surface area contributed by atoms with Crippen LogP contribution in [0.3, 0.4) is 0 Å². The molecular formula is C59H51BrCl2F15N25O5S2. The van der Waals surface area contributed by atoms with Crippen molar-refractivity contribution in [1.82, 2.24) is 91.7 Å². The zero-order valence-corrected chi connectivity index (χ0v) is 59.7. The van der Waals surface area contributed by atoms with Crippen molar-refractivity contribution in [1.29, 1.82) is 0 Å². The van der Waals surface area contributed by atoms with Gasteiger partial charge in [-0.15, -0.1) is 78.8 Å². The number of anilines is 9. The Hall–Kier alpha value is -10.3. The highest BCUT2D eigenvalue weighted by atomic mass is 79.9. The molecule has 3 aliphatic heterocycles. The maximum absolute atomic E-state index is 13.4. The lowest BCUT2D eigenvalue weighted by molar-refractivity contribution is -0.160. The maximum Gasteiger partial charge on any atom is 0.471 e. The minimum Gasteiger partial charge on any atom is -0.382 e. The predicted octanol–water partition coefficient (Wildman–Crippen LogP) is 12.9. The van der Waals surface area contributed by atoms with E-state index >= 15 is 0 Å². The Kier molecular flexibility index (Phi) is 28.6. The SMILES string of the molecule is FC(F)(F)c1cnnc(Cl)c1.FC(F)(F)c1cnnc(N(Cc2ccc(-c3noc(C(F)(F)F)n3)s2)c2ccc(N3CCOCC3)nn2)c1.FC(F)(F)c1cnnc(Nc2ccc(N3CCOCC3)nn2)c1.FC(F)(F)c1nc(-c2ccc(CBr)s2)no1.Nc1ccc(Cl)nn1.Nc1ccc(N2CCOCC2)nn1. The summed E-state index contributed by atoms with van der Waals surface area (Å²) < 4.78 is 213. The molecule has 580 valence electrons. The van der Waals surface area contributed by atoms with Crippen molar-refractivity contribution in [2.45, 2.75) is 42.8 Å². The molecule has 0 radical (unpaired) electrons. The van der Waals surface area contributed by atoms with Crippen LogP contribution in [0.5, 0.6) is 0 Å². The Morgan fingerprint density at radius 3 is 1.28 bits per heavy atom. The first kappa shape index (κ1) is 82.8. The molecule has 14 heterocycles. The number of hydrogen-bond acceptors (Lipinski definition) is 32. The summed E-state index contributed by atoms with van der Waals surface area (Å²) in [6, 6.07) is 22.4. The number of nitrogens with two attached hydrogens (primary N) is 2. The second-order valence-corrected chi connectivity index (χ2v) is 25.2. The molecule has 0 bridgehead atoms. The van der Waals surface area contributed by atoms with Crippen LogP contribution in [0.1, 0.15) is 38.2 Å². The number of thiophene rings is 2. The van der Waals surface area contributed by atoms with Crippen molar-refractivity contribution in [2.24, 2.45) is 0 Å². The first-order valence-electron chi connectivity index (χ1n) is 30.7. The summed E-state index contributed by atoms with van der Waals surface area (Å²) in [4.78, 5) is 16.5. The smallest absolute Gasteiger partial charge is 0.382 e. The summed E-state index contributed by atoms with van der Waals surface area (Å²) in [5.41, 5.74) is 7.85. The highest BCUT2D eigenvalue weighted by molar-refractivity contribution is 9.08. The maximum atomic E-state index is 13.4. The molecule has 14 rings (SSSR count). The molecule has 0 atom stereocenters. The van der Waals surface area contributed by atoms with Crippen molar-refractivity contribution in [2.75, 3.05) is 115 Å². The van der Waals surface area contributed by atoms with E-state index in [-0.39, 0.29) is 51.5 Å². The number of nitrogen functional groups attached to an aromatic ring is 2. The number of morpholine rings is 3. The normalized spacial score (nSPS) is 14.1. The lowest BCUT2D eigenvalue weighted by Gasteiger charge is -2.28. The van der Waals surface area contributed by atoms with Crippen molar-refractivity contribution in [3.05, 3.63) is 158 Å². The fourth-order valence-electron chi connectivity index (χ4n) is 8.72. The summed E-state index contributed by atoms with van der Waals surface area (Å²) in [6.45, 7) is 8.19. The van der Waals surface area contributed by atoms with Gasteiger partial charge in [-0.1, -0.05) is 49.4 Å². The molecule has 3 saturated heterocycles. The number of aromatic nitrogens is 18. The molecule has 3 aliphatic rings. The fourth-order valence-corrected chi connectivity index (χ4v) is 11.2. The molecule has 0 aromatic carbocycles. The Balaban J connectivity index is 0.000000164. The summed E-state index contributed by atoms with van der Waals surface area (Å²) >= 11 is 16.1. The van der Waals surface area contributed by atoms with Gasteiger partial charge in [-0.3, -0.25) is 0 Å². The van der Waals surface area contributed by atoms with Gasteiger partial charge < -0.3 is 59.6 Å². The number of ether oxygens (including phenoxy) is 3. The topological polar surface area (TPSA) is 363 Å². The Bertz CT molecular complexity index is 4600. The number of hydrogen-bond donors (Lipinski definition) is 3. The van der Waals surface area contributed by atoms with Crippen molar-refractivity contribution < 1.29 is 89.1 Å². The second-order valence-electron chi connectivity index (χ2n) is 21.5. The average Bonchev–Trinajstić information content (AvgIpc) is 1.77. The van der Waals surface area contributed by atoms with Crippen molar-refractivity contribution in [3.63, 3.8) is 0 Å². The van der Waals surface area contributed by atoms with Crippen LogP contribution in [-0.2, 0) is 57.0 Å². The predicted molar refractivity (Wildman–Crippen MR) is 364 cm³/mol. The fraction of sp³-hybridized carbons (Fsp3) is 0.322. The molecule has 0 unspecified atom stereocenters. The highest BCUT2D eigenvalue weighted by Crippen LogP contribution is 2.38. The lowest BCUT2D eigenvalue weighted by Crippen LogP contribution is -2.36. The van der Waals surface area contributed by atoms with Gasteiger partial charge in [-0.25, -0.2) is 0 Å². The van der Waals surface area contributed by atoms with Crippen LogP contribution < -0.4 is 36.4 Å². The Labute approximate surface area is 629 Å². The van der Waals surface area contributed by atoms with Gasteiger partial charge in [0, 0.05) is 54.4 Å². The number of nitrogens with zero attached hydrogens (tertiary/aromatic N) is 22. The monoisotopic (exact) mass is 1690 g/mol. The van der Waals surface area contributed by atoms with Gasteiger partial charge in [-0.05, 0) is 91.0 Å². The third-order valence-electron chi connectivity index (χ3n) is 13.9. The minimum absolute atomic E-state index is 0.0375. The number of rotatable bonds is 12. The second kappa shape index (κ2) is 37.7. The van der Waals surface area contributed by atoms with Crippen molar-refractivity contribution >= 4 is 114 Å². The van der Waals surface area contributed by atoms with Gasteiger partial charge in [0.1, 0.15) is 11.6 Å². The Morgan fingerprint density at radius 2 is 0.872 bits per heavy atom. The quantitative estimate of drug-likeness (QED) is 0.0755. The highest BCUT2D eigenvalue weighted by Gasteiger charge is 2.40. The first-order valence-corrected chi connectivity index (χ1v) is 34.2. The molecule has 50 heteroatoms. The van der Waals surface area contributed by atoms with E-state index in [9.17, 15) is 65.9 Å². The van der Waals surface area contributed by atoms with E-state index in [1.807, 2.05) is 15.9 Å². The van der Waals surface area contributed by atoms with Crippen LogP contribution in [0.25, 0.3) is 21.4 Å². The van der Waals surface area contributed by atoms with Crippen LogP contribution in [0.15, 0.2) is 119 Å². The number of nitrogens with one attached hydrogen (secondary N) is 1. The van der Waals surface area contributed by atoms with Crippen LogP contribution >= 0.6 is 61.8 Å². The molecule has 30 nitrogen and oxygen atoms in total. The molecule has 0 amide bonds. The summed E-state index contributed by atoms with van der Waals surface area (Å²) in [7, 11) is 0. The lowest BCUT2D eigenvalue weighted by atomic mass is 10.2. The molecule has 11 aromatic rings. The zero-order chi connectivity index (χ0) is 78.5. The van der Waals surface area contributed by atoms with Crippen LogP contribution in [0.2, 0.25) is 10.3 Å². The third kappa shape index (κ3) is 25.4. The summed E-state index contributed by atoms with van der Waals surface area (Å²) in [5.74, 6) is 0.130. The number of alkyl halides is 16. The summed E-state index contributed by atoms with van der Waals surface area (Å²) in [5, 5.41) is 61.7. The first-order chi connectivity index (χ1) is 51.7. The van der Waals surface area contributed by atoms with Gasteiger partial charge in [-0.2, -0.15) is 91.1 Å². The summed E-state index contributed by atoms with van der Waals surface area (Å²) in [6.07, 6.45) is -21.0. The molecule has 0 spiro atoms. The standard InChI is InChI=1S/C21H16F6N8O2S.C13H13F3N6O.C8H4BrF3N2OS.C8H12N4O.C5H2ClF3N2.C4H4ClN3/c22-20(23,24)12-9-17(30-28-10-12)35(16-4-3-15(31-32-16)34-5-7-36-8-6-34)11-13-1-2-14(38-13)18-29-19(37-33-18)21(25,26)27;14-13(15,16)9-7-11(19-17-8-9)18-10-1-2-12(21-20-10)22-3-5-23-6-4-22;9-3-4-1-2-5(16-4)6-13-7(15-14-6)8(10,11)12;9-7-1-2-8(11-10-7)12-3-5-13-6-4-12;6-4-1-3(2-10-11-4)5(7,8)9;5-3-1-2-4(6)8-7-3/h1-4,9-10H,5-8,11H2;1-2,7-8H,3-6H2,(H,18,19,20);1-2H,3H2;1-2H,3-6H2,(H2,9,10);1-2H;1-2H,(H2,6,8). The van der Waals surface area contributed by atoms with Gasteiger partial charge in [0.25, 0.3) is 0 Å². The van der Waals surface area contributed by atoms with Crippen molar-refractivity contribution in [3.8, 4) is 21.4 Å². The molecule has 3 fully saturated rings. The van der Waals surface area contributed by atoms with Crippen LogP contribution in [0.4, 0.5) is 118 Å². The van der Waals surface area contributed by atoms with E-state index in [0.29, 0.717) is 108 Å². The molecule has 11 aromatic heterocycles. The third-order valence-corrected chi connectivity index (χ3v) is 17.4. The van der Waals surface area contributed by atoms with Gasteiger partial charge >= 0.3 is 42.7 Å². The van der Waals surface area contributed by atoms with Crippen LogP contribution in [0, 0.1) is 0 Å². The molecule has 109 heavy (non-hydrogen) atoms. The van der Waals surface area contributed by atoms with E-state index in [4.69, 9.17) is 48.9 Å². The van der Waals surface area contributed by atoms with E-state index < -0.39 is 59.4 Å². The largest absolute Gasteiger partial charge is 0.471 e. The van der Waals surface area contributed by atoms with E-state index in [1.54, 1.807) is 60.7 Å². The van der Waals surface area contributed by atoms with Gasteiger partial charge in [0.2, 0.25) is 11.6 Å². The van der Waals surface area contributed by atoms with E-state index in [2.05, 4.69) is 127 Å². The molecule has 5 N–H and O–H groups in total. The number of halogens is 18.